The Labute approximate surface area is 181 Å². The van der Waals surface area contributed by atoms with Gasteiger partial charge in [-0.15, -0.1) is 0 Å². The zero-order chi connectivity index (χ0) is 22.7. The number of pyridine rings is 1. The quantitative estimate of drug-likeness (QED) is 0.563. The second-order valence-electron chi connectivity index (χ2n) is 7.37. The van der Waals surface area contributed by atoms with Gasteiger partial charge in [0.2, 0.25) is 5.95 Å². The van der Waals surface area contributed by atoms with Gasteiger partial charge in [0.25, 0.3) is 5.91 Å². The first-order chi connectivity index (χ1) is 15.3. The number of nitrogens with zero attached hydrogens (tertiary/aromatic N) is 4. The lowest BCUT2D eigenvalue weighted by Crippen LogP contribution is -2.39. The summed E-state index contributed by atoms with van der Waals surface area (Å²) in [6.07, 6.45) is 0.427. The number of carbonyl (C=O) groups excluding carboxylic acids is 1. The van der Waals surface area contributed by atoms with E-state index in [4.69, 9.17) is 0 Å². The summed E-state index contributed by atoms with van der Waals surface area (Å²) < 4.78 is 52.1. The second-order valence-corrected chi connectivity index (χ2v) is 7.37. The molecular formula is C22H19F4N5O. The molecule has 10 heteroatoms. The van der Waals surface area contributed by atoms with Crippen LogP contribution in [0, 0.1) is 5.82 Å². The number of nitrogens with one attached hydrogen (secondary N) is 1. The number of likely N-dealkylation sites (tertiary alicyclic amines) is 1. The maximum atomic E-state index is 13.2. The molecule has 1 N–H and O–H groups in total. The van der Waals surface area contributed by atoms with Gasteiger partial charge in [0, 0.05) is 24.5 Å². The van der Waals surface area contributed by atoms with E-state index in [9.17, 15) is 22.4 Å². The number of benzene rings is 1. The van der Waals surface area contributed by atoms with Crippen LogP contribution in [0.1, 0.15) is 46.9 Å². The van der Waals surface area contributed by atoms with Gasteiger partial charge < -0.3 is 10.2 Å². The van der Waals surface area contributed by atoms with Crippen LogP contribution >= 0.6 is 0 Å². The normalized spacial score (nSPS) is 16.6. The number of amides is 1. The van der Waals surface area contributed by atoms with Crippen LogP contribution in [0.25, 0.3) is 0 Å². The highest BCUT2D eigenvalue weighted by molar-refractivity contribution is 5.94. The minimum atomic E-state index is -4.49. The molecule has 2 aromatic heterocycles. The Hall–Kier alpha value is -3.56. The highest BCUT2D eigenvalue weighted by Crippen LogP contribution is 2.32. The largest absolute Gasteiger partial charge is 0.416 e. The number of halogens is 4. The van der Waals surface area contributed by atoms with Crippen molar-refractivity contribution in [2.45, 2.75) is 31.5 Å². The maximum absolute atomic E-state index is 13.2. The molecule has 3 heterocycles. The highest BCUT2D eigenvalue weighted by atomic mass is 19.4. The monoisotopic (exact) mass is 445 g/mol. The van der Waals surface area contributed by atoms with Crippen molar-refractivity contribution in [3.05, 3.63) is 77.5 Å². The molecule has 3 aromatic rings. The molecule has 0 unspecified atom stereocenters. The molecule has 1 fully saturated rings. The molecule has 32 heavy (non-hydrogen) atoms. The SMILES string of the molecule is O=C(c1ccc(F)cc1)N1CCCC[C@H]1c1ccnc(Nc2cc(C(F)(F)F)ccn2)n1. The van der Waals surface area contributed by atoms with Crippen LogP contribution in [0.2, 0.25) is 0 Å². The minimum absolute atomic E-state index is 0.0418. The average Bonchev–Trinajstić information content (AvgIpc) is 2.79. The number of alkyl halides is 3. The van der Waals surface area contributed by atoms with Gasteiger partial charge in [-0.2, -0.15) is 13.2 Å². The summed E-state index contributed by atoms with van der Waals surface area (Å²) >= 11 is 0. The number of hydrogen-bond donors (Lipinski definition) is 1. The molecule has 1 atom stereocenters. The first kappa shape index (κ1) is 21.7. The van der Waals surface area contributed by atoms with Crippen molar-refractivity contribution in [3.8, 4) is 0 Å². The topological polar surface area (TPSA) is 71.0 Å². The van der Waals surface area contributed by atoms with E-state index in [1.807, 2.05) is 0 Å². The van der Waals surface area contributed by atoms with Crippen LogP contribution in [-0.4, -0.2) is 32.3 Å². The Morgan fingerprint density at radius 3 is 2.53 bits per heavy atom. The van der Waals surface area contributed by atoms with Crippen LogP contribution < -0.4 is 5.32 Å². The zero-order valence-corrected chi connectivity index (χ0v) is 16.8. The van der Waals surface area contributed by atoms with E-state index in [0.717, 1.165) is 31.2 Å². The van der Waals surface area contributed by atoms with Gasteiger partial charge in [-0.05, 0) is 61.7 Å². The Morgan fingerprint density at radius 2 is 1.78 bits per heavy atom. The van der Waals surface area contributed by atoms with Crippen molar-refractivity contribution in [2.75, 3.05) is 11.9 Å². The molecule has 166 valence electrons. The number of hydrogen-bond acceptors (Lipinski definition) is 5. The Morgan fingerprint density at radius 1 is 1.03 bits per heavy atom. The molecule has 0 aliphatic carbocycles. The van der Waals surface area contributed by atoms with Crippen molar-refractivity contribution in [3.63, 3.8) is 0 Å². The van der Waals surface area contributed by atoms with Crippen molar-refractivity contribution < 1.29 is 22.4 Å². The van der Waals surface area contributed by atoms with Gasteiger partial charge >= 0.3 is 6.18 Å². The molecule has 4 rings (SSSR count). The molecule has 0 saturated carbocycles. The fourth-order valence-corrected chi connectivity index (χ4v) is 3.65. The third kappa shape index (κ3) is 4.84. The third-order valence-corrected chi connectivity index (χ3v) is 5.20. The Balaban J connectivity index is 1.57. The van der Waals surface area contributed by atoms with Gasteiger partial charge in [-0.3, -0.25) is 4.79 Å². The Kier molecular flexibility index (Phi) is 6.02. The predicted molar refractivity (Wildman–Crippen MR) is 109 cm³/mol. The molecule has 1 aliphatic heterocycles. The number of piperidine rings is 1. The van der Waals surface area contributed by atoms with E-state index in [1.54, 1.807) is 11.0 Å². The van der Waals surface area contributed by atoms with Crippen LogP contribution in [0.15, 0.2) is 54.9 Å². The van der Waals surface area contributed by atoms with Crippen LogP contribution in [0.5, 0.6) is 0 Å². The first-order valence-corrected chi connectivity index (χ1v) is 10.0. The van der Waals surface area contributed by atoms with Crippen molar-refractivity contribution in [1.29, 1.82) is 0 Å². The van der Waals surface area contributed by atoms with Gasteiger partial charge in [0.15, 0.2) is 0 Å². The number of aromatic nitrogens is 3. The number of rotatable bonds is 4. The molecule has 0 radical (unpaired) electrons. The summed E-state index contributed by atoms with van der Waals surface area (Å²) in [6.45, 7) is 0.517. The summed E-state index contributed by atoms with van der Waals surface area (Å²) in [7, 11) is 0. The summed E-state index contributed by atoms with van der Waals surface area (Å²) in [5.74, 6) is -0.622. The fraction of sp³-hybridized carbons (Fsp3) is 0.273. The smallest absolute Gasteiger partial charge is 0.330 e. The van der Waals surface area contributed by atoms with E-state index in [-0.39, 0.29) is 23.7 Å². The van der Waals surface area contributed by atoms with E-state index in [0.29, 0.717) is 24.2 Å². The maximum Gasteiger partial charge on any atom is 0.416 e. The van der Waals surface area contributed by atoms with Gasteiger partial charge in [0.05, 0.1) is 17.3 Å². The van der Waals surface area contributed by atoms with E-state index >= 15 is 0 Å². The summed E-state index contributed by atoms with van der Waals surface area (Å²) in [4.78, 5) is 27.1. The fourth-order valence-electron chi connectivity index (χ4n) is 3.65. The van der Waals surface area contributed by atoms with Crippen LogP contribution in [0.4, 0.5) is 29.3 Å². The molecular weight excluding hydrogens is 426 g/mol. The lowest BCUT2D eigenvalue weighted by molar-refractivity contribution is -0.137. The summed E-state index contributed by atoms with van der Waals surface area (Å²) in [6, 6.07) is 8.45. The minimum Gasteiger partial charge on any atom is -0.330 e. The lowest BCUT2D eigenvalue weighted by Gasteiger charge is -2.35. The van der Waals surface area contributed by atoms with Gasteiger partial charge in [0.1, 0.15) is 11.6 Å². The summed E-state index contributed by atoms with van der Waals surface area (Å²) in [5, 5.41) is 2.70. The number of carbonyl (C=O) groups is 1. The molecule has 0 spiro atoms. The summed E-state index contributed by atoms with van der Waals surface area (Å²) in [5.41, 5.74) is 0.0954. The molecule has 1 aliphatic rings. The van der Waals surface area contributed by atoms with Crippen molar-refractivity contribution in [2.24, 2.45) is 0 Å². The highest BCUT2D eigenvalue weighted by Gasteiger charge is 2.31. The molecule has 1 amide bonds. The molecule has 0 bridgehead atoms. The third-order valence-electron chi connectivity index (χ3n) is 5.20. The zero-order valence-electron chi connectivity index (χ0n) is 16.8. The standard InChI is InChI=1S/C22H19F4N5O/c23-16-6-4-14(5-7-16)20(32)31-12-2-1-3-18(31)17-9-11-28-21(29-17)30-19-13-15(8-10-27-19)22(24,25)26/h4-11,13,18H,1-3,12H2,(H,27,28,29,30)/t18-/m0/s1. The number of anilines is 2. The molecule has 1 saturated heterocycles. The van der Waals surface area contributed by atoms with E-state index in [1.165, 1.54) is 30.5 Å². The molecule has 1 aromatic carbocycles. The average molecular weight is 445 g/mol. The predicted octanol–water partition coefficient (Wildman–Crippen LogP) is 5.14. The lowest BCUT2D eigenvalue weighted by atomic mass is 9.98. The van der Waals surface area contributed by atoms with Gasteiger partial charge in [-0.25, -0.2) is 19.3 Å². The van der Waals surface area contributed by atoms with Gasteiger partial charge in [-0.1, -0.05) is 0 Å². The van der Waals surface area contributed by atoms with Crippen molar-refractivity contribution >= 4 is 17.7 Å². The van der Waals surface area contributed by atoms with Crippen molar-refractivity contribution in [1.82, 2.24) is 19.9 Å². The second kappa shape index (κ2) is 8.89. The first-order valence-electron chi connectivity index (χ1n) is 10.0. The van der Waals surface area contributed by atoms with E-state index < -0.39 is 17.6 Å². The Bertz CT molecular complexity index is 1100. The molecule has 6 nitrogen and oxygen atoms in total. The van der Waals surface area contributed by atoms with E-state index in [2.05, 4.69) is 20.3 Å². The van der Waals surface area contributed by atoms with Crippen LogP contribution in [0.3, 0.4) is 0 Å². The van der Waals surface area contributed by atoms with Crippen LogP contribution in [-0.2, 0) is 6.18 Å².